The number of pyridine rings is 1. The van der Waals surface area contributed by atoms with Gasteiger partial charge in [-0.2, -0.15) is 0 Å². The standard InChI is InChI=1S/C20H29N5O3S/c1-4-28-13-17-23-18-19(15-9-5-6-10-16(15)22-20(18)21)25(17)11-7-8-12-29(26,27)24-14(2)3/h5-6,9-10,14,24H,4,7-8,11-13H2,1-3H3,(H2,21,22). The average Bonchev–Trinajstić information content (AvgIpc) is 3.02. The molecule has 0 fully saturated rings. The molecule has 0 aliphatic rings. The van der Waals surface area contributed by atoms with Crippen molar-refractivity contribution in [3.63, 3.8) is 0 Å². The molecule has 0 unspecified atom stereocenters. The van der Waals surface area contributed by atoms with Gasteiger partial charge in [0.15, 0.2) is 5.82 Å². The summed E-state index contributed by atoms with van der Waals surface area (Å²) >= 11 is 0. The fraction of sp³-hybridized carbons (Fsp3) is 0.500. The summed E-state index contributed by atoms with van der Waals surface area (Å²) in [5.41, 5.74) is 8.57. The van der Waals surface area contributed by atoms with E-state index in [1.807, 2.05) is 45.0 Å². The summed E-state index contributed by atoms with van der Waals surface area (Å²) in [6, 6.07) is 7.72. The van der Waals surface area contributed by atoms with Gasteiger partial charge in [0.05, 0.1) is 16.8 Å². The van der Waals surface area contributed by atoms with Gasteiger partial charge in [0.2, 0.25) is 10.0 Å². The van der Waals surface area contributed by atoms with E-state index in [0.717, 1.165) is 22.2 Å². The normalized spacial score (nSPS) is 12.4. The number of hydrogen-bond donors (Lipinski definition) is 2. The van der Waals surface area contributed by atoms with Gasteiger partial charge in [0, 0.05) is 24.6 Å². The van der Waals surface area contributed by atoms with Gasteiger partial charge in [-0.1, -0.05) is 18.2 Å². The third kappa shape index (κ3) is 5.04. The minimum atomic E-state index is -3.26. The van der Waals surface area contributed by atoms with E-state index in [2.05, 4.69) is 19.3 Å². The Kier molecular flexibility index (Phi) is 6.71. The van der Waals surface area contributed by atoms with Gasteiger partial charge in [-0.15, -0.1) is 0 Å². The SMILES string of the molecule is CCOCc1nc2c(N)nc3ccccc3c2n1CCCCS(=O)(=O)NC(C)C. The molecule has 29 heavy (non-hydrogen) atoms. The number of sulfonamides is 1. The predicted molar refractivity (Wildman–Crippen MR) is 116 cm³/mol. The minimum Gasteiger partial charge on any atom is -0.382 e. The van der Waals surface area contributed by atoms with Crippen LogP contribution in [0.4, 0.5) is 5.82 Å². The van der Waals surface area contributed by atoms with Crippen molar-refractivity contribution in [3.05, 3.63) is 30.1 Å². The number of nitrogens with two attached hydrogens (primary N) is 1. The van der Waals surface area contributed by atoms with Crippen LogP contribution < -0.4 is 10.5 Å². The number of aromatic nitrogens is 3. The first-order valence-electron chi connectivity index (χ1n) is 9.93. The molecule has 158 valence electrons. The second-order valence-electron chi connectivity index (χ2n) is 7.33. The van der Waals surface area contributed by atoms with Crippen LogP contribution in [0, 0.1) is 0 Å². The molecule has 2 heterocycles. The van der Waals surface area contributed by atoms with Crippen molar-refractivity contribution in [1.29, 1.82) is 0 Å². The Morgan fingerprint density at radius 1 is 1.21 bits per heavy atom. The number of ether oxygens (including phenoxy) is 1. The highest BCUT2D eigenvalue weighted by atomic mass is 32.2. The first kappa shape index (κ1) is 21.5. The molecule has 1 aromatic carbocycles. The molecule has 0 amide bonds. The van der Waals surface area contributed by atoms with Crippen LogP contribution in [0.3, 0.4) is 0 Å². The first-order valence-corrected chi connectivity index (χ1v) is 11.6. The number of para-hydroxylation sites is 1. The van der Waals surface area contributed by atoms with Gasteiger partial charge in [-0.25, -0.2) is 23.1 Å². The second kappa shape index (κ2) is 9.06. The van der Waals surface area contributed by atoms with E-state index < -0.39 is 10.0 Å². The van der Waals surface area contributed by atoms with Gasteiger partial charge in [0.25, 0.3) is 0 Å². The maximum absolute atomic E-state index is 12.1. The molecule has 0 saturated carbocycles. The van der Waals surface area contributed by atoms with E-state index in [0.29, 0.717) is 43.9 Å². The number of hydrogen-bond acceptors (Lipinski definition) is 6. The number of nitrogens with one attached hydrogen (secondary N) is 1. The summed E-state index contributed by atoms with van der Waals surface area (Å²) in [7, 11) is -3.26. The lowest BCUT2D eigenvalue weighted by Gasteiger charge is -2.12. The van der Waals surface area contributed by atoms with E-state index >= 15 is 0 Å². The van der Waals surface area contributed by atoms with Gasteiger partial charge in [-0.3, -0.25) is 0 Å². The molecular formula is C20H29N5O3S. The van der Waals surface area contributed by atoms with Crippen LogP contribution >= 0.6 is 0 Å². The fourth-order valence-electron chi connectivity index (χ4n) is 3.43. The highest BCUT2D eigenvalue weighted by Gasteiger charge is 2.18. The Morgan fingerprint density at radius 2 is 1.97 bits per heavy atom. The van der Waals surface area contributed by atoms with Crippen molar-refractivity contribution in [2.24, 2.45) is 0 Å². The molecule has 2 aromatic heterocycles. The van der Waals surface area contributed by atoms with Crippen LogP contribution in [0.1, 0.15) is 39.4 Å². The van der Waals surface area contributed by atoms with Crippen LogP contribution in [0.5, 0.6) is 0 Å². The summed E-state index contributed by atoms with van der Waals surface area (Å²) in [6.45, 7) is 7.15. The predicted octanol–water partition coefficient (Wildman–Crippen LogP) is 2.81. The van der Waals surface area contributed by atoms with Gasteiger partial charge in [0.1, 0.15) is 17.9 Å². The largest absolute Gasteiger partial charge is 0.382 e. The van der Waals surface area contributed by atoms with Crippen molar-refractivity contribution < 1.29 is 13.2 Å². The summed E-state index contributed by atoms with van der Waals surface area (Å²) in [5.74, 6) is 1.26. The number of fused-ring (bicyclic) bond motifs is 3. The fourth-order valence-corrected chi connectivity index (χ4v) is 4.85. The number of aryl methyl sites for hydroxylation is 1. The number of nitrogen functional groups attached to an aromatic ring is 1. The third-order valence-electron chi connectivity index (χ3n) is 4.58. The van der Waals surface area contributed by atoms with Gasteiger partial charge in [-0.05, 0) is 39.7 Å². The van der Waals surface area contributed by atoms with Crippen LogP contribution in [0.2, 0.25) is 0 Å². The molecule has 0 spiro atoms. The smallest absolute Gasteiger partial charge is 0.211 e. The Balaban J connectivity index is 1.90. The molecule has 0 atom stereocenters. The highest BCUT2D eigenvalue weighted by molar-refractivity contribution is 7.89. The maximum Gasteiger partial charge on any atom is 0.211 e. The topological polar surface area (TPSA) is 112 Å². The van der Waals surface area contributed by atoms with E-state index in [1.165, 1.54) is 0 Å². The number of imidazole rings is 1. The zero-order valence-electron chi connectivity index (χ0n) is 17.2. The second-order valence-corrected chi connectivity index (χ2v) is 9.20. The van der Waals surface area contributed by atoms with E-state index in [9.17, 15) is 8.42 Å². The zero-order valence-corrected chi connectivity index (χ0v) is 18.0. The van der Waals surface area contributed by atoms with E-state index in [1.54, 1.807) is 0 Å². The Bertz CT molecular complexity index is 1090. The van der Waals surface area contributed by atoms with Gasteiger partial charge < -0.3 is 15.0 Å². The van der Waals surface area contributed by atoms with Crippen LogP contribution in [0.15, 0.2) is 24.3 Å². The monoisotopic (exact) mass is 419 g/mol. The highest BCUT2D eigenvalue weighted by Crippen LogP contribution is 2.29. The lowest BCUT2D eigenvalue weighted by atomic mass is 10.2. The molecule has 8 nitrogen and oxygen atoms in total. The maximum atomic E-state index is 12.1. The van der Waals surface area contributed by atoms with E-state index in [4.69, 9.17) is 10.5 Å². The molecule has 0 radical (unpaired) electrons. The summed E-state index contributed by atoms with van der Waals surface area (Å²) in [6.07, 6.45) is 1.24. The number of unbranched alkanes of at least 4 members (excludes halogenated alkanes) is 1. The van der Waals surface area contributed by atoms with Crippen molar-refractivity contribution in [1.82, 2.24) is 19.3 Å². The average molecular weight is 420 g/mol. The number of benzene rings is 1. The van der Waals surface area contributed by atoms with Gasteiger partial charge >= 0.3 is 0 Å². The van der Waals surface area contributed by atoms with Crippen LogP contribution in [-0.4, -0.2) is 41.4 Å². The van der Waals surface area contributed by atoms with Crippen molar-refractivity contribution in [2.45, 2.75) is 52.8 Å². The molecule has 0 aliphatic carbocycles. The molecule has 9 heteroatoms. The Hall–Kier alpha value is -2.23. The summed E-state index contributed by atoms with van der Waals surface area (Å²) in [4.78, 5) is 9.15. The molecule has 0 aliphatic heterocycles. The molecule has 3 N–H and O–H groups in total. The first-order chi connectivity index (χ1) is 13.8. The Morgan fingerprint density at radius 3 is 2.69 bits per heavy atom. The molecule has 3 aromatic rings. The van der Waals surface area contributed by atoms with Crippen molar-refractivity contribution >= 4 is 37.8 Å². The zero-order chi connectivity index (χ0) is 21.0. The summed E-state index contributed by atoms with van der Waals surface area (Å²) < 4.78 is 34.4. The molecular weight excluding hydrogens is 390 g/mol. The number of nitrogens with zero attached hydrogens (tertiary/aromatic N) is 3. The van der Waals surface area contributed by atoms with Crippen LogP contribution in [-0.2, 0) is 27.9 Å². The van der Waals surface area contributed by atoms with E-state index in [-0.39, 0.29) is 11.8 Å². The van der Waals surface area contributed by atoms with Crippen LogP contribution in [0.25, 0.3) is 21.9 Å². The Labute approximate surface area is 171 Å². The van der Waals surface area contributed by atoms with Crippen molar-refractivity contribution in [2.75, 3.05) is 18.1 Å². The minimum absolute atomic E-state index is 0.0998. The number of anilines is 1. The molecule has 0 saturated heterocycles. The molecule has 3 rings (SSSR count). The number of rotatable bonds is 10. The summed E-state index contributed by atoms with van der Waals surface area (Å²) in [5, 5.41) is 0.973. The lowest BCUT2D eigenvalue weighted by Crippen LogP contribution is -2.32. The molecule has 0 bridgehead atoms. The third-order valence-corrected chi connectivity index (χ3v) is 6.24. The van der Waals surface area contributed by atoms with Crippen molar-refractivity contribution in [3.8, 4) is 0 Å². The quantitative estimate of drug-likeness (QED) is 0.489. The lowest BCUT2D eigenvalue weighted by molar-refractivity contribution is 0.126.